The van der Waals surface area contributed by atoms with Crippen molar-refractivity contribution in [2.45, 2.75) is 44.6 Å². The minimum atomic E-state index is -3.81. The van der Waals surface area contributed by atoms with Crippen molar-refractivity contribution < 1.29 is 17.9 Å². The average Bonchev–Trinajstić information content (AvgIpc) is 2.52. The highest BCUT2D eigenvalue weighted by Gasteiger charge is 2.26. The summed E-state index contributed by atoms with van der Waals surface area (Å²) < 4.78 is 31.6. The number of sulfonamides is 1. The fourth-order valence-corrected chi connectivity index (χ4v) is 4.06. The van der Waals surface area contributed by atoms with Crippen LogP contribution in [0.1, 0.15) is 33.6 Å². The summed E-state index contributed by atoms with van der Waals surface area (Å²) >= 11 is 6.01. The van der Waals surface area contributed by atoms with Crippen LogP contribution in [0.2, 0.25) is 5.02 Å². The lowest BCUT2D eigenvalue weighted by Gasteiger charge is -2.21. The van der Waals surface area contributed by atoms with E-state index < -0.39 is 10.0 Å². The third-order valence-corrected chi connectivity index (χ3v) is 5.77. The Morgan fingerprint density at radius 1 is 1.38 bits per heavy atom. The smallest absolute Gasteiger partial charge is 0.243 e. The number of methoxy groups -OCH3 is 1. The third kappa shape index (κ3) is 5.36. The van der Waals surface area contributed by atoms with Crippen molar-refractivity contribution in [2.75, 3.05) is 20.2 Å². The van der Waals surface area contributed by atoms with E-state index in [2.05, 4.69) is 5.32 Å². The molecule has 0 fully saturated rings. The van der Waals surface area contributed by atoms with Gasteiger partial charge >= 0.3 is 0 Å². The van der Waals surface area contributed by atoms with Gasteiger partial charge in [-0.2, -0.15) is 4.31 Å². The first-order chi connectivity index (χ1) is 11.3. The zero-order chi connectivity index (χ0) is 18.3. The number of nitrogens with one attached hydrogen (secondary N) is 1. The van der Waals surface area contributed by atoms with Gasteiger partial charge in [-0.15, -0.1) is 0 Å². The minimum absolute atomic E-state index is 0.0133. The average molecular weight is 377 g/mol. The SMILES string of the molecule is CCC[C@H](C)NC(=O)CN(CC)S(=O)(=O)c1ccc(OC)c(Cl)c1. The van der Waals surface area contributed by atoms with Gasteiger partial charge in [0.05, 0.1) is 23.6 Å². The Morgan fingerprint density at radius 3 is 2.54 bits per heavy atom. The van der Waals surface area contributed by atoms with Crippen LogP contribution in [0.15, 0.2) is 23.1 Å². The van der Waals surface area contributed by atoms with E-state index in [9.17, 15) is 13.2 Å². The second-order valence-corrected chi connectivity index (χ2v) is 7.83. The van der Waals surface area contributed by atoms with Gasteiger partial charge in [0.15, 0.2) is 0 Å². The Labute approximate surface area is 149 Å². The number of likely N-dealkylation sites (N-methyl/N-ethyl adjacent to an activating group) is 1. The van der Waals surface area contributed by atoms with E-state index in [1.165, 1.54) is 25.3 Å². The number of hydrogen-bond acceptors (Lipinski definition) is 4. The molecular weight excluding hydrogens is 352 g/mol. The van der Waals surface area contributed by atoms with Crippen LogP contribution < -0.4 is 10.1 Å². The summed E-state index contributed by atoms with van der Waals surface area (Å²) in [7, 11) is -2.36. The molecule has 1 aromatic rings. The van der Waals surface area contributed by atoms with Gasteiger partial charge in [-0.25, -0.2) is 8.42 Å². The lowest BCUT2D eigenvalue weighted by molar-refractivity contribution is -0.121. The summed E-state index contributed by atoms with van der Waals surface area (Å²) in [5.74, 6) is 0.0748. The summed E-state index contributed by atoms with van der Waals surface area (Å²) in [4.78, 5) is 12.1. The molecule has 0 saturated carbocycles. The lowest BCUT2D eigenvalue weighted by atomic mass is 10.2. The van der Waals surface area contributed by atoms with Crippen LogP contribution in [0.3, 0.4) is 0 Å². The molecule has 1 aromatic carbocycles. The molecule has 6 nitrogen and oxygen atoms in total. The van der Waals surface area contributed by atoms with E-state index in [0.29, 0.717) is 5.75 Å². The molecule has 1 atom stereocenters. The van der Waals surface area contributed by atoms with E-state index in [1.54, 1.807) is 6.92 Å². The predicted molar refractivity (Wildman–Crippen MR) is 94.9 cm³/mol. The molecule has 0 saturated heterocycles. The topological polar surface area (TPSA) is 75.7 Å². The number of rotatable bonds is 9. The number of ether oxygens (including phenoxy) is 1. The van der Waals surface area contributed by atoms with Crippen molar-refractivity contribution in [1.82, 2.24) is 9.62 Å². The van der Waals surface area contributed by atoms with E-state index >= 15 is 0 Å². The predicted octanol–water partition coefficient (Wildman–Crippen LogP) is 2.66. The second kappa shape index (κ2) is 9.25. The van der Waals surface area contributed by atoms with Crippen LogP contribution >= 0.6 is 11.6 Å². The van der Waals surface area contributed by atoms with Crippen molar-refractivity contribution in [1.29, 1.82) is 0 Å². The van der Waals surface area contributed by atoms with Crippen LogP contribution in [0.5, 0.6) is 5.75 Å². The molecule has 0 radical (unpaired) electrons. The zero-order valence-electron chi connectivity index (χ0n) is 14.5. The van der Waals surface area contributed by atoms with Gasteiger partial charge in [-0.1, -0.05) is 31.9 Å². The van der Waals surface area contributed by atoms with Gasteiger partial charge in [-0.05, 0) is 31.5 Å². The summed E-state index contributed by atoms with van der Waals surface area (Å²) in [5, 5.41) is 3.01. The highest BCUT2D eigenvalue weighted by molar-refractivity contribution is 7.89. The lowest BCUT2D eigenvalue weighted by Crippen LogP contribution is -2.43. The molecule has 1 rings (SSSR count). The number of carbonyl (C=O) groups excluding carboxylic acids is 1. The molecular formula is C16H25ClN2O4S. The molecule has 0 unspecified atom stereocenters. The van der Waals surface area contributed by atoms with Crippen molar-refractivity contribution >= 4 is 27.5 Å². The van der Waals surface area contributed by atoms with Gasteiger partial charge in [0.25, 0.3) is 0 Å². The van der Waals surface area contributed by atoms with E-state index in [-0.39, 0.29) is 35.0 Å². The molecule has 8 heteroatoms. The van der Waals surface area contributed by atoms with Gasteiger partial charge < -0.3 is 10.1 Å². The molecule has 0 aliphatic heterocycles. The minimum Gasteiger partial charge on any atom is -0.495 e. The maximum Gasteiger partial charge on any atom is 0.243 e. The quantitative estimate of drug-likeness (QED) is 0.718. The first-order valence-corrected chi connectivity index (χ1v) is 9.71. The molecule has 1 amide bonds. The van der Waals surface area contributed by atoms with Gasteiger partial charge in [0.2, 0.25) is 15.9 Å². The monoisotopic (exact) mass is 376 g/mol. The molecule has 0 heterocycles. The number of nitrogens with zero attached hydrogens (tertiary/aromatic N) is 1. The Morgan fingerprint density at radius 2 is 2.04 bits per heavy atom. The first-order valence-electron chi connectivity index (χ1n) is 7.89. The molecule has 0 aromatic heterocycles. The van der Waals surface area contributed by atoms with Gasteiger partial charge in [0, 0.05) is 12.6 Å². The number of halogens is 1. The first kappa shape index (κ1) is 20.7. The number of benzene rings is 1. The van der Waals surface area contributed by atoms with Crippen LogP contribution in [0.4, 0.5) is 0 Å². The Balaban J connectivity index is 2.93. The van der Waals surface area contributed by atoms with Crippen molar-refractivity contribution in [2.24, 2.45) is 0 Å². The van der Waals surface area contributed by atoms with Crippen LogP contribution in [-0.4, -0.2) is 44.9 Å². The number of amides is 1. The van der Waals surface area contributed by atoms with Crippen LogP contribution in [0, 0.1) is 0 Å². The van der Waals surface area contributed by atoms with Crippen molar-refractivity contribution in [3.8, 4) is 5.75 Å². The summed E-state index contributed by atoms with van der Waals surface area (Å²) in [5.41, 5.74) is 0. The maximum absolute atomic E-state index is 12.7. The highest BCUT2D eigenvalue weighted by Crippen LogP contribution is 2.28. The number of carbonyl (C=O) groups is 1. The Bertz CT molecular complexity index is 664. The molecule has 0 bridgehead atoms. The highest BCUT2D eigenvalue weighted by atomic mass is 35.5. The summed E-state index contributed by atoms with van der Waals surface area (Å²) in [6.07, 6.45) is 1.79. The van der Waals surface area contributed by atoms with Crippen molar-refractivity contribution in [3.05, 3.63) is 23.2 Å². The standard InChI is InChI=1S/C16H25ClN2O4S/c1-5-7-12(3)18-16(20)11-19(6-2)24(21,22)13-8-9-15(23-4)14(17)10-13/h8-10,12H,5-7,11H2,1-4H3,(H,18,20)/t12-/m0/s1. The fourth-order valence-electron chi connectivity index (χ4n) is 2.31. The molecule has 0 aliphatic rings. The second-order valence-electron chi connectivity index (χ2n) is 5.48. The molecule has 0 spiro atoms. The Kier molecular flexibility index (Phi) is 7.99. The van der Waals surface area contributed by atoms with Gasteiger partial charge in [-0.3, -0.25) is 4.79 Å². The maximum atomic E-state index is 12.7. The molecule has 24 heavy (non-hydrogen) atoms. The zero-order valence-corrected chi connectivity index (χ0v) is 16.1. The molecule has 0 aliphatic carbocycles. The Hall–Kier alpha value is -1.31. The normalized spacial score (nSPS) is 12.9. The number of hydrogen-bond donors (Lipinski definition) is 1. The van der Waals surface area contributed by atoms with E-state index in [0.717, 1.165) is 17.1 Å². The largest absolute Gasteiger partial charge is 0.495 e. The molecule has 136 valence electrons. The third-order valence-electron chi connectivity index (χ3n) is 3.56. The van der Waals surface area contributed by atoms with E-state index in [4.69, 9.17) is 16.3 Å². The van der Waals surface area contributed by atoms with Crippen LogP contribution in [0.25, 0.3) is 0 Å². The van der Waals surface area contributed by atoms with Gasteiger partial charge in [0.1, 0.15) is 5.75 Å². The summed E-state index contributed by atoms with van der Waals surface area (Å²) in [6, 6.07) is 4.25. The summed E-state index contributed by atoms with van der Waals surface area (Å²) in [6.45, 7) is 5.57. The molecule has 1 N–H and O–H groups in total. The van der Waals surface area contributed by atoms with E-state index in [1.807, 2.05) is 13.8 Å². The fraction of sp³-hybridized carbons (Fsp3) is 0.562. The van der Waals surface area contributed by atoms with Crippen LogP contribution in [-0.2, 0) is 14.8 Å². The van der Waals surface area contributed by atoms with Crippen molar-refractivity contribution in [3.63, 3.8) is 0 Å².